The van der Waals surface area contributed by atoms with Crippen molar-refractivity contribution in [1.29, 1.82) is 0 Å². The first-order valence-electron chi connectivity index (χ1n) is 21.9. The third-order valence-electron chi connectivity index (χ3n) is 13.6. The van der Waals surface area contributed by atoms with Crippen LogP contribution < -0.4 is 9.80 Å². The maximum absolute atomic E-state index is 2.51. The van der Waals surface area contributed by atoms with E-state index in [0.717, 1.165) is 34.1 Å². The highest BCUT2D eigenvalue weighted by atomic mass is 15.2. The summed E-state index contributed by atoms with van der Waals surface area (Å²) in [4.78, 5) is 4.87. The smallest absolute Gasteiger partial charge is 0.0726 e. The van der Waals surface area contributed by atoms with E-state index in [9.17, 15) is 0 Å². The lowest BCUT2D eigenvalue weighted by atomic mass is 9.66. The molecule has 0 atom stereocenters. The molecule has 1 aliphatic heterocycles. The third kappa shape index (κ3) is 5.13. The Morgan fingerprint density at radius 3 is 1.21 bits per heavy atom. The zero-order valence-corrected chi connectivity index (χ0v) is 34.5. The van der Waals surface area contributed by atoms with Gasteiger partial charge < -0.3 is 9.80 Å². The summed E-state index contributed by atoms with van der Waals surface area (Å²) in [6.45, 7) is 0. The summed E-state index contributed by atoms with van der Waals surface area (Å²) in [6, 6.07) is 89.9. The molecule has 0 saturated heterocycles. The molecule has 294 valence electrons. The van der Waals surface area contributed by atoms with Crippen LogP contribution in [0.5, 0.6) is 0 Å². The van der Waals surface area contributed by atoms with E-state index < -0.39 is 5.41 Å². The molecule has 0 saturated carbocycles. The quantitative estimate of drug-likeness (QED) is 0.175. The predicted molar refractivity (Wildman–Crippen MR) is 262 cm³/mol. The van der Waals surface area contributed by atoms with E-state index in [-0.39, 0.29) is 0 Å². The van der Waals surface area contributed by atoms with E-state index >= 15 is 0 Å². The molecule has 2 nitrogen and oxygen atoms in total. The van der Waals surface area contributed by atoms with Crippen molar-refractivity contribution in [2.45, 2.75) is 5.41 Å². The molecule has 0 bridgehead atoms. The third-order valence-corrected chi connectivity index (χ3v) is 13.6. The van der Waals surface area contributed by atoms with Crippen LogP contribution in [-0.4, -0.2) is 0 Å². The van der Waals surface area contributed by atoms with E-state index in [1.54, 1.807) is 0 Å². The molecule has 0 N–H and O–H groups in total. The van der Waals surface area contributed by atoms with E-state index in [1.807, 2.05) is 0 Å². The fourth-order valence-electron chi connectivity index (χ4n) is 11.1. The van der Waals surface area contributed by atoms with Gasteiger partial charge in [0.05, 0.1) is 16.8 Å². The minimum absolute atomic E-state index is 0.576. The predicted octanol–water partition coefficient (Wildman–Crippen LogP) is 16.3. The number of hydrogen-bond acceptors (Lipinski definition) is 2. The van der Waals surface area contributed by atoms with Crippen LogP contribution in [0.25, 0.3) is 55.6 Å². The van der Waals surface area contributed by atoms with Gasteiger partial charge in [-0.2, -0.15) is 0 Å². The van der Waals surface area contributed by atoms with E-state index in [2.05, 4.69) is 252 Å². The van der Waals surface area contributed by atoms with Crippen molar-refractivity contribution >= 4 is 34.1 Å². The van der Waals surface area contributed by atoms with Gasteiger partial charge in [0, 0.05) is 33.9 Å². The number of hydrogen-bond donors (Lipinski definition) is 0. The number of nitrogens with zero attached hydrogens (tertiary/aromatic N) is 2. The number of anilines is 6. The summed E-state index contributed by atoms with van der Waals surface area (Å²) in [7, 11) is 0. The zero-order chi connectivity index (χ0) is 41.5. The molecular formula is C61H40N2. The summed E-state index contributed by atoms with van der Waals surface area (Å²) in [5.41, 5.74) is 23.8. The number of fused-ring (bicyclic) bond motifs is 17. The fraction of sp³-hybridized carbons (Fsp3) is 0.0164. The zero-order valence-electron chi connectivity index (χ0n) is 34.5. The number of para-hydroxylation sites is 4. The Morgan fingerprint density at radius 2 is 0.635 bits per heavy atom. The van der Waals surface area contributed by atoms with Gasteiger partial charge in [-0.25, -0.2) is 0 Å². The Bertz CT molecular complexity index is 3380. The maximum atomic E-state index is 2.51. The van der Waals surface area contributed by atoms with Crippen LogP contribution in [0.1, 0.15) is 22.3 Å². The molecule has 1 spiro atoms. The fourth-order valence-corrected chi connectivity index (χ4v) is 11.1. The maximum Gasteiger partial charge on any atom is 0.0726 e. The largest absolute Gasteiger partial charge is 0.310 e. The standard InChI is InChI=1S/C61H40N2/c1-3-19-41(20-4-1)62(43-35-37-47-52-28-12-17-33-59(52)63(42-21-5-2-6-22-42)60-34-18-13-29-53(60)54(47)39-43)44-36-38-51-46-24-8-7-23-45(46)48-25-9-14-30-55(48)61(58(51)40-44)56-31-15-10-26-49(56)50-27-11-16-32-57(50)61/h1-40H. The van der Waals surface area contributed by atoms with Crippen molar-refractivity contribution < 1.29 is 0 Å². The van der Waals surface area contributed by atoms with Gasteiger partial charge in [0.1, 0.15) is 0 Å². The molecule has 10 aromatic carbocycles. The van der Waals surface area contributed by atoms with Gasteiger partial charge >= 0.3 is 0 Å². The van der Waals surface area contributed by atoms with Gasteiger partial charge in [-0.1, -0.05) is 182 Å². The van der Waals surface area contributed by atoms with Crippen molar-refractivity contribution in [3.05, 3.63) is 265 Å². The minimum atomic E-state index is -0.576. The molecule has 10 aromatic rings. The average Bonchev–Trinajstić information content (AvgIpc) is 3.52. The number of benzene rings is 10. The molecule has 2 aliphatic carbocycles. The second kappa shape index (κ2) is 13.9. The molecule has 0 aromatic heterocycles. The monoisotopic (exact) mass is 800 g/mol. The van der Waals surface area contributed by atoms with Crippen molar-refractivity contribution in [1.82, 2.24) is 0 Å². The topological polar surface area (TPSA) is 6.48 Å². The summed E-state index contributed by atoms with van der Waals surface area (Å²) in [5, 5.41) is 0. The van der Waals surface area contributed by atoms with Crippen molar-refractivity contribution in [2.75, 3.05) is 9.80 Å². The summed E-state index contributed by atoms with van der Waals surface area (Å²) in [5.74, 6) is 0. The van der Waals surface area contributed by atoms with Gasteiger partial charge in [0.15, 0.2) is 0 Å². The van der Waals surface area contributed by atoms with Gasteiger partial charge in [0.2, 0.25) is 0 Å². The van der Waals surface area contributed by atoms with Crippen LogP contribution in [-0.2, 0) is 5.41 Å². The van der Waals surface area contributed by atoms with E-state index in [1.165, 1.54) is 77.9 Å². The van der Waals surface area contributed by atoms with Gasteiger partial charge in [-0.3, -0.25) is 0 Å². The number of rotatable bonds is 4. The van der Waals surface area contributed by atoms with Gasteiger partial charge in [-0.15, -0.1) is 0 Å². The van der Waals surface area contributed by atoms with Crippen LogP contribution in [0.3, 0.4) is 0 Å². The molecule has 1 heterocycles. The van der Waals surface area contributed by atoms with Gasteiger partial charge in [0.25, 0.3) is 0 Å². The minimum Gasteiger partial charge on any atom is -0.310 e. The summed E-state index contributed by atoms with van der Waals surface area (Å²) in [6.07, 6.45) is 0. The van der Waals surface area contributed by atoms with Crippen molar-refractivity contribution in [2.24, 2.45) is 0 Å². The van der Waals surface area contributed by atoms with Crippen LogP contribution in [0, 0.1) is 0 Å². The van der Waals surface area contributed by atoms with E-state index in [4.69, 9.17) is 0 Å². The second-order valence-corrected chi connectivity index (χ2v) is 16.8. The average molecular weight is 801 g/mol. The highest BCUT2D eigenvalue weighted by Gasteiger charge is 2.49. The first-order valence-corrected chi connectivity index (χ1v) is 21.9. The molecular weight excluding hydrogens is 761 g/mol. The Kier molecular flexibility index (Phi) is 7.85. The highest BCUT2D eigenvalue weighted by molar-refractivity contribution is 6.04. The first-order chi connectivity index (χ1) is 31.3. The highest BCUT2D eigenvalue weighted by Crippen LogP contribution is 2.62. The Morgan fingerprint density at radius 1 is 0.254 bits per heavy atom. The Balaban J connectivity index is 1.09. The molecule has 0 fully saturated rings. The van der Waals surface area contributed by atoms with E-state index in [0.29, 0.717) is 0 Å². The molecule has 0 amide bonds. The molecule has 63 heavy (non-hydrogen) atoms. The molecule has 3 aliphatic rings. The van der Waals surface area contributed by atoms with Crippen molar-refractivity contribution in [3.8, 4) is 55.6 Å². The van der Waals surface area contributed by atoms with Crippen molar-refractivity contribution in [3.63, 3.8) is 0 Å². The molecule has 2 heteroatoms. The van der Waals surface area contributed by atoms with Crippen LogP contribution in [0.4, 0.5) is 34.1 Å². The summed E-state index contributed by atoms with van der Waals surface area (Å²) >= 11 is 0. The lowest BCUT2D eigenvalue weighted by Crippen LogP contribution is -2.29. The van der Waals surface area contributed by atoms with Gasteiger partial charge in [-0.05, 0) is 127 Å². The normalized spacial score (nSPS) is 13.2. The molecule has 13 rings (SSSR count). The second-order valence-electron chi connectivity index (χ2n) is 16.8. The SMILES string of the molecule is c1ccc(N(c2ccc3c(c2)-c2ccccc2N(c2ccccc2)c2ccccc2-3)c2ccc3c(c2)C2(c4ccccc4-c4ccccc4-3)c3ccccc3-c3ccccc32)cc1. The summed E-state index contributed by atoms with van der Waals surface area (Å²) < 4.78 is 0. The van der Waals surface area contributed by atoms with Crippen LogP contribution in [0.2, 0.25) is 0 Å². The van der Waals surface area contributed by atoms with Crippen LogP contribution >= 0.6 is 0 Å². The Labute approximate surface area is 368 Å². The lowest BCUT2D eigenvalue weighted by molar-refractivity contribution is 0.775. The molecule has 0 unspecified atom stereocenters. The molecule has 0 radical (unpaired) electrons. The Hall–Kier alpha value is -8.20. The van der Waals surface area contributed by atoms with Crippen LogP contribution in [0.15, 0.2) is 243 Å². The lowest BCUT2D eigenvalue weighted by Gasteiger charge is -2.36. The first kappa shape index (κ1) is 35.5.